The van der Waals surface area contributed by atoms with Crippen LogP contribution in [0, 0.1) is 0 Å². The van der Waals surface area contributed by atoms with Crippen molar-refractivity contribution in [3.63, 3.8) is 0 Å². The average Bonchev–Trinajstić information content (AvgIpc) is 2.46. The summed E-state index contributed by atoms with van der Waals surface area (Å²) in [5.41, 5.74) is 0.501. The highest BCUT2D eigenvalue weighted by molar-refractivity contribution is 6.30. The number of aromatic nitrogens is 1. The fourth-order valence-corrected chi connectivity index (χ4v) is 1.71. The lowest BCUT2D eigenvalue weighted by Crippen LogP contribution is -2.15. The maximum absolute atomic E-state index is 12.1. The Morgan fingerprint density at radius 1 is 1.29 bits per heavy atom. The van der Waals surface area contributed by atoms with E-state index in [4.69, 9.17) is 21.4 Å². The maximum atomic E-state index is 12.1. The van der Waals surface area contributed by atoms with Crippen LogP contribution in [0.25, 0.3) is 0 Å². The van der Waals surface area contributed by atoms with Crippen LogP contribution in [-0.4, -0.2) is 28.6 Å². The molecule has 0 aliphatic heterocycles. The van der Waals surface area contributed by atoms with Crippen LogP contribution in [0.2, 0.25) is 5.02 Å². The van der Waals surface area contributed by atoms with Crippen LogP contribution >= 0.6 is 11.6 Å². The largest absolute Gasteiger partial charge is 0.480 e. The van der Waals surface area contributed by atoms with Crippen molar-refractivity contribution in [1.29, 1.82) is 0 Å². The number of pyridine rings is 1. The van der Waals surface area contributed by atoms with Gasteiger partial charge in [0, 0.05) is 11.2 Å². The minimum atomic E-state index is -1.10. The van der Waals surface area contributed by atoms with E-state index in [2.05, 4.69) is 10.3 Å². The summed E-state index contributed by atoms with van der Waals surface area (Å²) < 4.78 is 5.10. The summed E-state index contributed by atoms with van der Waals surface area (Å²) in [6, 6.07) is 9.50. The number of benzene rings is 1. The van der Waals surface area contributed by atoms with Crippen LogP contribution < -0.4 is 10.1 Å². The fourth-order valence-electron chi connectivity index (χ4n) is 1.55. The molecule has 0 aliphatic rings. The Balaban J connectivity index is 2.15. The number of hydrogen-bond donors (Lipinski definition) is 2. The first-order chi connectivity index (χ1) is 10.1. The Morgan fingerprint density at radius 3 is 2.76 bits per heavy atom. The number of aliphatic carboxylic acids is 1. The van der Waals surface area contributed by atoms with Crippen molar-refractivity contribution >= 4 is 29.2 Å². The summed E-state index contributed by atoms with van der Waals surface area (Å²) in [6.07, 6.45) is 1.42. The number of carbonyl (C=O) groups excluding carboxylic acids is 1. The number of carbonyl (C=O) groups is 2. The van der Waals surface area contributed by atoms with E-state index in [1.54, 1.807) is 30.3 Å². The lowest BCUT2D eigenvalue weighted by atomic mass is 10.2. The summed E-state index contributed by atoms with van der Waals surface area (Å²) in [4.78, 5) is 26.5. The highest BCUT2D eigenvalue weighted by atomic mass is 35.5. The second-order valence-corrected chi connectivity index (χ2v) is 4.43. The standard InChI is InChI=1S/C14H11ClN2O4/c15-9-5-6-16-11(7-9)14(20)17-10-3-1-2-4-12(10)21-8-13(18)19/h1-7H,8H2,(H,17,20)(H,18,19). The molecule has 0 spiro atoms. The highest BCUT2D eigenvalue weighted by Crippen LogP contribution is 2.24. The van der Waals surface area contributed by atoms with Gasteiger partial charge in [-0.25, -0.2) is 4.79 Å². The molecule has 1 heterocycles. The predicted molar refractivity (Wildman–Crippen MR) is 76.8 cm³/mol. The monoisotopic (exact) mass is 306 g/mol. The average molecular weight is 307 g/mol. The van der Waals surface area contributed by atoms with Crippen LogP contribution in [0.4, 0.5) is 5.69 Å². The highest BCUT2D eigenvalue weighted by Gasteiger charge is 2.12. The third-order valence-electron chi connectivity index (χ3n) is 2.44. The van der Waals surface area contributed by atoms with E-state index in [9.17, 15) is 9.59 Å². The van der Waals surface area contributed by atoms with E-state index >= 15 is 0 Å². The Morgan fingerprint density at radius 2 is 2.05 bits per heavy atom. The molecule has 0 saturated carbocycles. The number of ether oxygens (including phenoxy) is 1. The molecule has 0 radical (unpaired) electrons. The topological polar surface area (TPSA) is 88.5 Å². The van der Waals surface area contributed by atoms with Gasteiger partial charge in [0.2, 0.25) is 0 Å². The summed E-state index contributed by atoms with van der Waals surface area (Å²) in [5, 5.41) is 11.6. The predicted octanol–water partition coefficient (Wildman–Crippen LogP) is 2.45. The third-order valence-corrected chi connectivity index (χ3v) is 2.68. The van der Waals surface area contributed by atoms with Gasteiger partial charge in [-0.2, -0.15) is 0 Å². The van der Waals surface area contributed by atoms with Crippen LogP contribution in [0.15, 0.2) is 42.6 Å². The van der Waals surface area contributed by atoms with E-state index < -0.39 is 18.5 Å². The van der Waals surface area contributed by atoms with E-state index in [1.807, 2.05) is 0 Å². The molecule has 0 saturated heterocycles. The Kier molecular flexibility index (Phi) is 4.73. The maximum Gasteiger partial charge on any atom is 0.341 e. The van der Waals surface area contributed by atoms with Crippen LogP contribution in [0.5, 0.6) is 5.75 Å². The van der Waals surface area contributed by atoms with E-state index in [0.717, 1.165) is 0 Å². The van der Waals surface area contributed by atoms with Gasteiger partial charge in [-0.05, 0) is 24.3 Å². The van der Waals surface area contributed by atoms with Crippen LogP contribution in [0.3, 0.4) is 0 Å². The van der Waals surface area contributed by atoms with Gasteiger partial charge >= 0.3 is 5.97 Å². The first-order valence-corrected chi connectivity index (χ1v) is 6.30. The number of carboxylic acids is 1. The Bertz CT molecular complexity index is 676. The second kappa shape index (κ2) is 6.71. The molecule has 1 aromatic heterocycles. The van der Waals surface area contributed by atoms with Gasteiger partial charge in [-0.1, -0.05) is 23.7 Å². The van der Waals surface area contributed by atoms with Gasteiger partial charge < -0.3 is 15.2 Å². The van der Waals surface area contributed by atoms with Crippen molar-refractivity contribution in [2.75, 3.05) is 11.9 Å². The molecule has 21 heavy (non-hydrogen) atoms. The van der Waals surface area contributed by atoms with Crippen molar-refractivity contribution in [2.45, 2.75) is 0 Å². The van der Waals surface area contributed by atoms with E-state index in [-0.39, 0.29) is 11.4 Å². The molecular formula is C14H11ClN2O4. The van der Waals surface area contributed by atoms with Crippen molar-refractivity contribution < 1.29 is 19.4 Å². The van der Waals surface area contributed by atoms with Crippen LogP contribution in [0.1, 0.15) is 10.5 Å². The van der Waals surface area contributed by atoms with Crippen LogP contribution in [-0.2, 0) is 4.79 Å². The number of nitrogens with one attached hydrogen (secondary N) is 1. The van der Waals surface area contributed by atoms with Gasteiger partial charge in [0.1, 0.15) is 11.4 Å². The molecule has 0 aliphatic carbocycles. The number of carboxylic acid groups (broad SMARTS) is 1. The van der Waals surface area contributed by atoms with Gasteiger partial charge in [-0.3, -0.25) is 9.78 Å². The van der Waals surface area contributed by atoms with Gasteiger partial charge in [0.15, 0.2) is 6.61 Å². The SMILES string of the molecule is O=C(O)COc1ccccc1NC(=O)c1cc(Cl)ccn1. The first-order valence-electron chi connectivity index (χ1n) is 5.93. The summed E-state index contributed by atoms with van der Waals surface area (Å²) >= 11 is 5.80. The number of hydrogen-bond acceptors (Lipinski definition) is 4. The Hall–Kier alpha value is -2.60. The molecule has 1 amide bonds. The second-order valence-electron chi connectivity index (χ2n) is 3.99. The molecule has 0 bridgehead atoms. The lowest BCUT2D eigenvalue weighted by Gasteiger charge is -2.10. The molecule has 7 heteroatoms. The number of nitrogens with zero attached hydrogens (tertiary/aromatic N) is 1. The molecule has 108 valence electrons. The molecule has 0 atom stereocenters. The molecule has 0 fully saturated rings. The molecular weight excluding hydrogens is 296 g/mol. The summed E-state index contributed by atoms with van der Waals surface area (Å²) in [6.45, 7) is -0.498. The lowest BCUT2D eigenvalue weighted by molar-refractivity contribution is -0.139. The van der Waals surface area contributed by atoms with Crippen molar-refractivity contribution in [1.82, 2.24) is 4.98 Å². The van der Waals surface area contributed by atoms with E-state index in [1.165, 1.54) is 12.3 Å². The first kappa shape index (κ1) is 14.8. The minimum Gasteiger partial charge on any atom is -0.480 e. The minimum absolute atomic E-state index is 0.149. The molecule has 2 N–H and O–H groups in total. The molecule has 1 aromatic carbocycles. The Labute approximate surface area is 125 Å². The summed E-state index contributed by atoms with van der Waals surface area (Å²) in [5.74, 6) is -1.31. The zero-order chi connectivity index (χ0) is 15.2. The van der Waals surface area contributed by atoms with Crippen molar-refractivity contribution in [3.05, 3.63) is 53.3 Å². The molecule has 6 nitrogen and oxygen atoms in total. The number of halogens is 1. The van der Waals surface area contributed by atoms with E-state index in [0.29, 0.717) is 10.7 Å². The molecule has 2 rings (SSSR count). The smallest absolute Gasteiger partial charge is 0.341 e. The quantitative estimate of drug-likeness (QED) is 0.885. The normalized spacial score (nSPS) is 9.95. The number of para-hydroxylation sites is 2. The van der Waals surface area contributed by atoms with Crippen molar-refractivity contribution in [2.24, 2.45) is 0 Å². The third kappa shape index (κ3) is 4.19. The van der Waals surface area contributed by atoms with Gasteiger partial charge in [0.05, 0.1) is 5.69 Å². The number of amides is 1. The molecule has 0 unspecified atom stereocenters. The molecule has 2 aromatic rings. The summed E-state index contributed by atoms with van der Waals surface area (Å²) in [7, 11) is 0. The number of rotatable bonds is 5. The van der Waals surface area contributed by atoms with Gasteiger partial charge in [-0.15, -0.1) is 0 Å². The fraction of sp³-hybridized carbons (Fsp3) is 0.0714. The van der Waals surface area contributed by atoms with Gasteiger partial charge in [0.25, 0.3) is 5.91 Å². The zero-order valence-corrected chi connectivity index (χ0v) is 11.5. The van der Waals surface area contributed by atoms with Crippen molar-refractivity contribution in [3.8, 4) is 5.75 Å². The number of anilines is 1. The zero-order valence-electron chi connectivity index (χ0n) is 10.7.